The lowest BCUT2D eigenvalue weighted by atomic mass is 9.99. The van der Waals surface area contributed by atoms with Crippen molar-refractivity contribution in [1.29, 1.82) is 0 Å². The molecule has 0 fully saturated rings. The van der Waals surface area contributed by atoms with Crippen LogP contribution >= 0.6 is 11.6 Å². The maximum Gasteiger partial charge on any atom is 0.180 e. The van der Waals surface area contributed by atoms with Crippen LogP contribution in [0.3, 0.4) is 0 Å². The molecule has 0 unspecified atom stereocenters. The van der Waals surface area contributed by atoms with E-state index in [9.17, 15) is 9.50 Å². The molecule has 1 N–H and O–H groups in total. The molecular formula is C22H21ClFN5O2. The summed E-state index contributed by atoms with van der Waals surface area (Å²) in [6.07, 6.45) is 6.34. The second-order valence-corrected chi connectivity index (χ2v) is 7.55. The average Bonchev–Trinajstić information content (AvgIpc) is 3.36. The molecule has 0 bridgehead atoms. The summed E-state index contributed by atoms with van der Waals surface area (Å²) in [5.41, 5.74) is 2.86. The van der Waals surface area contributed by atoms with Crippen LogP contribution in [0.2, 0.25) is 5.02 Å². The molecule has 9 heteroatoms. The Bertz CT molecular complexity index is 1170. The Balaban J connectivity index is 1.93. The second-order valence-electron chi connectivity index (χ2n) is 7.14. The van der Waals surface area contributed by atoms with Crippen LogP contribution in [-0.4, -0.2) is 36.6 Å². The van der Waals surface area contributed by atoms with Gasteiger partial charge >= 0.3 is 0 Å². The standard InChI is InChI=1S/C22H21ClFN5O2/c1-3-5-14(11-30)29-13(2)15(10-27-29)22-20(18-8-9-25-12-26-18)21(28-31-22)19-16(23)6-4-7-17(19)24/h4,6-10,12,14,30H,3,5,11H2,1-2H3/t14-/m0/s1. The van der Waals surface area contributed by atoms with Crippen molar-refractivity contribution in [2.45, 2.75) is 32.7 Å². The van der Waals surface area contributed by atoms with Gasteiger partial charge in [0.15, 0.2) is 5.76 Å². The topological polar surface area (TPSA) is 89.9 Å². The van der Waals surface area contributed by atoms with Crippen molar-refractivity contribution in [3.8, 4) is 33.8 Å². The van der Waals surface area contributed by atoms with Gasteiger partial charge < -0.3 is 9.63 Å². The number of hydrogen-bond donors (Lipinski definition) is 1. The smallest absolute Gasteiger partial charge is 0.180 e. The summed E-state index contributed by atoms with van der Waals surface area (Å²) in [5, 5.41) is 18.6. The number of hydrogen-bond acceptors (Lipinski definition) is 6. The number of aromatic nitrogens is 5. The Morgan fingerprint density at radius 3 is 2.77 bits per heavy atom. The van der Waals surface area contributed by atoms with Crippen LogP contribution < -0.4 is 0 Å². The first-order valence-corrected chi connectivity index (χ1v) is 10.3. The van der Waals surface area contributed by atoms with Gasteiger partial charge in [0, 0.05) is 11.9 Å². The monoisotopic (exact) mass is 441 g/mol. The Morgan fingerprint density at radius 1 is 1.26 bits per heavy atom. The summed E-state index contributed by atoms with van der Waals surface area (Å²) in [6.45, 7) is 3.92. The zero-order chi connectivity index (χ0) is 22.0. The number of halogens is 2. The molecule has 160 valence electrons. The van der Waals surface area contributed by atoms with Gasteiger partial charge in [-0.3, -0.25) is 4.68 Å². The van der Waals surface area contributed by atoms with Gasteiger partial charge in [-0.05, 0) is 31.5 Å². The summed E-state index contributed by atoms with van der Waals surface area (Å²) in [4.78, 5) is 8.29. The Morgan fingerprint density at radius 2 is 2.10 bits per heavy atom. The first-order valence-electron chi connectivity index (χ1n) is 9.92. The first-order chi connectivity index (χ1) is 15.1. The van der Waals surface area contributed by atoms with Crippen LogP contribution in [0.15, 0.2) is 47.5 Å². The Hall–Kier alpha value is -3.10. The minimum Gasteiger partial charge on any atom is -0.394 e. The van der Waals surface area contributed by atoms with E-state index in [-0.39, 0.29) is 28.9 Å². The van der Waals surface area contributed by atoms with E-state index in [1.54, 1.807) is 29.2 Å². The van der Waals surface area contributed by atoms with Crippen molar-refractivity contribution >= 4 is 11.6 Å². The maximum absolute atomic E-state index is 14.7. The fraction of sp³-hybridized carbons (Fsp3) is 0.273. The molecule has 0 aliphatic heterocycles. The minimum absolute atomic E-state index is 0.0267. The number of rotatable bonds is 7. The van der Waals surface area contributed by atoms with Crippen LogP contribution in [0.1, 0.15) is 31.5 Å². The van der Waals surface area contributed by atoms with Crippen LogP contribution in [0.25, 0.3) is 33.8 Å². The van der Waals surface area contributed by atoms with Gasteiger partial charge in [-0.25, -0.2) is 14.4 Å². The third kappa shape index (κ3) is 3.84. The molecule has 3 heterocycles. The largest absolute Gasteiger partial charge is 0.394 e. The molecule has 31 heavy (non-hydrogen) atoms. The number of aliphatic hydroxyl groups is 1. The quantitative estimate of drug-likeness (QED) is 0.429. The molecule has 1 atom stereocenters. The van der Waals surface area contributed by atoms with E-state index in [1.165, 1.54) is 18.5 Å². The molecule has 4 aromatic rings. The van der Waals surface area contributed by atoms with Crippen molar-refractivity contribution in [1.82, 2.24) is 24.9 Å². The molecular weight excluding hydrogens is 421 g/mol. The molecule has 7 nitrogen and oxygen atoms in total. The molecule has 0 amide bonds. The van der Waals surface area contributed by atoms with Crippen LogP contribution in [-0.2, 0) is 0 Å². The van der Waals surface area contributed by atoms with E-state index in [1.807, 2.05) is 6.92 Å². The summed E-state index contributed by atoms with van der Waals surface area (Å²) >= 11 is 6.31. The van der Waals surface area contributed by atoms with Crippen molar-refractivity contribution in [2.75, 3.05) is 6.61 Å². The number of aliphatic hydroxyl groups excluding tert-OH is 1. The van der Waals surface area contributed by atoms with E-state index < -0.39 is 5.82 Å². The lowest BCUT2D eigenvalue weighted by Gasteiger charge is -2.16. The lowest BCUT2D eigenvalue weighted by molar-refractivity contribution is 0.208. The first kappa shape index (κ1) is 21.1. The van der Waals surface area contributed by atoms with Gasteiger partial charge in [-0.2, -0.15) is 5.10 Å². The Labute approximate surface area is 183 Å². The normalized spacial score (nSPS) is 12.3. The van der Waals surface area contributed by atoms with Crippen molar-refractivity contribution < 1.29 is 14.0 Å². The van der Waals surface area contributed by atoms with Crippen LogP contribution in [0, 0.1) is 12.7 Å². The van der Waals surface area contributed by atoms with E-state index in [2.05, 4.69) is 27.1 Å². The summed E-state index contributed by atoms with van der Waals surface area (Å²) in [6, 6.07) is 5.99. The highest BCUT2D eigenvalue weighted by atomic mass is 35.5. The molecule has 1 aromatic carbocycles. The van der Waals surface area contributed by atoms with Crippen LogP contribution in [0.4, 0.5) is 4.39 Å². The van der Waals surface area contributed by atoms with Gasteiger partial charge in [0.05, 0.1) is 46.3 Å². The molecule has 0 saturated carbocycles. The third-order valence-corrected chi connectivity index (χ3v) is 5.51. The van der Waals surface area contributed by atoms with E-state index in [4.69, 9.17) is 16.1 Å². The molecule has 0 radical (unpaired) electrons. The van der Waals surface area contributed by atoms with Crippen LogP contribution in [0.5, 0.6) is 0 Å². The summed E-state index contributed by atoms with van der Waals surface area (Å²) in [5.74, 6) is -0.122. The summed E-state index contributed by atoms with van der Waals surface area (Å²) in [7, 11) is 0. The predicted octanol–water partition coefficient (Wildman–Crippen LogP) is 5.10. The fourth-order valence-electron chi connectivity index (χ4n) is 3.68. The minimum atomic E-state index is -0.515. The van der Waals surface area contributed by atoms with E-state index >= 15 is 0 Å². The van der Waals surface area contributed by atoms with Gasteiger partial charge in [0.2, 0.25) is 0 Å². The predicted molar refractivity (Wildman–Crippen MR) is 115 cm³/mol. The van der Waals surface area contributed by atoms with Crippen molar-refractivity contribution in [2.24, 2.45) is 0 Å². The van der Waals surface area contributed by atoms with E-state index in [0.29, 0.717) is 22.6 Å². The highest BCUT2D eigenvalue weighted by Gasteiger charge is 2.28. The van der Waals surface area contributed by atoms with E-state index in [0.717, 1.165) is 18.5 Å². The van der Waals surface area contributed by atoms with Crippen molar-refractivity contribution in [3.05, 3.63) is 59.5 Å². The van der Waals surface area contributed by atoms with Gasteiger partial charge in [-0.1, -0.05) is 36.2 Å². The third-order valence-electron chi connectivity index (χ3n) is 5.20. The van der Waals surface area contributed by atoms with Gasteiger partial charge in [0.25, 0.3) is 0 Å². The lowest BCUT2D eigenvalue weighted by Crippen LogP contribution is -2.15. The molecule has 3 aromatic heterocycles. The molecule has 0 saturated heterocycles. The molecule has 0 spiro atoms. The Kier molecular flexibility index (Phi) is 6.11. The number of nitrogens with zero attached hydrogens (tertiary/aromatic N) is 5. The van der Waals surface area contributed by atoms with Crippen molar-refractivity contribution in [3.63, 3.8) is 0 Å². The fourth-order valence-corrected chi connectivity index (χ4v) is 3.94. The zero-order valence-electron chi connectivity index (χ0n) is 17.1. The average molecular weight is 442 g/mol. The highest BCUT2D eigenvalue weighted by molar-refractivity contribution is 6.33. The maximum atomic E-state index is 14.7. The zero-order valence-corrected chi connectivity index (χ0v) is 17.8. The molecule has 4 rings (SSSR count). The SMILES string of the molecule is CCC[C@@H](CO)n1ncc(-c2onc(-c3c(F)cccc3Cl)c2-c2ccncn2)c1C. The van der Waals surface area contributed by atoms with Gasteiger partial charge in [0.1, 0.15) is 17.8 Å². The number of benzene rings is 1. The highest BCUT2D eigenvalue weighted by Crippen LogP contribution is 2.43. The summed E-state index contributed by atoms with van der Waals surface area (Å²) < 4.78 is 22.2. The second kappa shape index (κ2) is 8.95. The van der Waals surface area contributed by atoms with Gasteiger partial charge in [-0.15, -0.1) is 0 Å². The molecule has 0 aliphatic rings. The molecule has 0 aliphatic carbocycles.